The zero-order chi connectivity index (χ0) is 17.2. The largest absolute Gasteiger partial charge is 0.396 e. The van der Waals surface area contributed by atoms with Gasteiger partial charge in [0.25, 0.3) is 0 Å². The molecule has 128 valence electrons. The van der Waals surface area contributed by atoms with Crippen LogP contribution in [0.5, 0.6) is 0 Å². The fraction of sp³-hybridized carbons (Fsp3) is 0.500. The van der Waals surface area contributed by atoms with Gasteiger partial charge in [0.1, 0.15) is 0 Å². The first-order chi connectivity index (χ1) is 10.8. The maximum absolute atomic E-state index is 12.5. The Kier molecular flexibility index (Phi) is 5.56. The third-order valence-electron chi connectivity index (χ3n) is 3.72. The molecule has 1 aromatic heterocycles. The van der Waals surface area contributed by atoms with Gasteiger partial charge in [0, 0.05) is 32.5 Å². The van der Waals surface area contributed by atoms with Gasteiger partial charge in [0.2, 0.25) is 10.0 Å². The molecular formula is C14H21N3O4S2. The lowest BCUT2D eigenvalue weighted by Gasteiger charge is -2.17. The lowest BCUT2D eigenvalue weighted by molar-refractivity contribution is 0.276. The van der Waals surface area contributed by atoms with E-state index in [4.69, 9.17) is 5.11 Å². The van der Waals surface area contributed by atoms with E-state index in [1.165, 1.54) is 33.0 Å². The molecule has 0 aliphatic heterocycles. The highest BCUT2D eigenvalue weighted by molar-refractivity contribution is 7.98. The topological polar surface area (TPSA) is 93.3 Å². The number of fused-ring (bicyclic) bond motifs is 1. The fourth-order valence-electron chi connectivity index (χ4n) is 2.47. The van der Waals surface area contributed by atoms with E-state index in [2.05, 4.69) is 4.72 Å². The predicted octanol–water partition coefficient (Wildman–Crippen LogP) is 0.269. The Hall–Kier alpha value is -1.29. The molecule has 1 heterocycles. The number of benzene rings is 1. The van der Waals surface area contributed by atoms with Crippen molar-refractivity contribution >= 4 is 32.8 Å². The summed E-state index contributed by atoms with van der Waals surface area (Å²) in [5, 5.41) is 9.06. The average molecular weight is 359 g/mol. The van der Waals surface area contributed by atoms with E-state index in [1.807, 2.05) is 6.26 Å². The molecule has 1 aromatic carbocycles. The minimum absolute atomic E-state index is 0.0834. The number of thioether (sulfide) groups is 1. The minimum Gasteiger partial charge on any atom is -0.396 e. The van der Waals surface area contributed by atoms with Crippen LogP contribution in [-0.2, 0) is 24.1 Å². The molecular weight excluding hydrogens is 338 g/mol. The van der Waals surface area contributed by atoms with Gasteiger partial charge in [-0.1, -0.05) is 0 Å². The zero-order valence-electron chi connectivity index (χ0n) is 13.3. The Bertz CT molecular complexity index is 849. The number of aryl methyl sites for hydroxylation is 2. The Labute approximate surface area is 139 Å². The van der Waals surface area contributed by atoms with Crippen molar-refractivity contribution in [1.82, 2.24) is 13.9 Å². The second-order valence-corrected chi connectivity index (χ2v) is 7.96. The Morgan fingerprint density at radius 2 is 1.91 bits per heavy atom. The van der Waals surface area contributed by atoms with E-state index >= 15 is 0 Å². The van der Waals surface area contributed by atoms with Gasteiger partial charge in [-0.05, 0) is 30.9 Å². The Balaban J connectivity index is 2.42. The number of aliphatic hydroxyl groups is 1. The highest BCUT2D eigenvalue weighted by Gasteiger charge is 2.21. The fourth-order valence-corrected chi connectivity index (χ4v) is 4.52. The van der Waals surface area contributed by atoms with Crippen LogP contribution in [0.3, 0.4) is 0 Å². The van der Waals surface area contributed by atoms with Crippen LogP contribution in [0.15, 0.2) is 27.9 Å². The third-order valence-corrected chi connectivity index (χ3v) is 5.97. The molecule has 9 heteroatoms. The molecule has 7 nitrogen and oxygen atoms in total. The van der Waals surface area contributed by atoms with Crippen LogP contribution in [0.4, 0.5) is 0 Å². The van der Waals surface area contributed by atoms with Crippen molar-refractivity contribution in [1.29, 1.82) is 0 Å². The SMILES string of the molecule is CSCC(CCO)NS(=O)(=O)c1ccc2c(c1)n(C)c(=O)n2C. The van der Waals surface area contributed by atoms with Gasteiger partial charge in [-0.15, -0.1) is 0 Å². The van der Waals surface area contributed by atoms with Gasteiger partial charge in [-0.2, -0.15) is 11.8 Å². The summed E-state index contributed by atoms with van der Waals surface area (Å²) in [7, 11) is -0.461. The molecule has 0 bridgehead atoms. The Morgan fingerprint density at radius 1 is 1.26 bits per heavy atom. The summed E-state index contributed by atoms with van der Waals surface area (Å²) in [4.78, 5) is 12.0. The van der Waals surface area contributed by atoms with Crippen molar-refractivity contribution in [3.05, 3.63) is 28.7 Å². The first-order valence-electron chi connectivity index (χ1n) is 7.09. The van der Waals surface area contributed by atoms with E-state index in [1.54, 1.807) is 20.2 Å². The normalized spacial score (nSPS) is 13.6. The Morgan fingerprint density at radius 3 is 2.52 bits per heavy atom. The molecule has 2 aromatic rings. The van der Waals surface area contributed by atoms with Crippen LogP contribution in [0.2, 0.25) is 0 Å². The maximum Gasteiger partial charge on any atom is 0.328 e. The van der Waals surface area contributed by atoms with E-state index in [0.717, 1.165) is 0 Å². The molecule has 23 heavy (non-hydrogen) atoms. The molecule has 0 saturated heterocycles. The van der Waals surface area contributed by atoms with Crippen LogP contribution >= 0.6 is 11.8 Å². The van der Waals surface area contributed by atoms with Crippen molar-refractivity contribution in [2.75, 3.05) is 18.6 Å². The monoisotopic (exact) mass is 359 g/mol. The summed E-state index contributed by atoms with van der Waals surface area (Å²) in [6.07, 6.45) is 2.23. The van der Waals surface area contributed by atoms with Gasteiger partial charge in [0.15, 0.2) is 0 Å². The van der Waals surface area contributed by atoms with Crippen LogP contribution < -0.4 is 10.4 Å². The predicted molar refractivity (Wildman–Crippen MR) is 92.4 cm³/mol. The van der Waals surface area contributed by atoms with E-state index < -0.39 is 10.0 Å². The van der Waals surface area contributed by atoms with Crippen LogP contribution in [-0.4, -0.2) is 47.3 Å². The first kappa shape index (κ1) is 18.1. The highest BCUT2D eigenvalue weighted by Crippen LogP contribution is 2.18. The smallest absolute Gasteiger partial charge is 0.328 e. The average Bonchev–Trinajstić information content (AvgIpc) is 2.72. The third kappa shape index (κ3) is 3.63. The van der Waals surface area contributed by atoms with Crippen LogP contribution in [0.25, 0.3) is 11.0 Å². The van der Waals surface area contributed by atoms with E-state index in [9.17, 15) is 13.2 Å². The van der Waals surface area contributed by atoms with Gasteiger partial charge >= 0.3 is 5.69 Å². The van der Waals surface area contributed by atoms with Crippen molar-refractivity contribution in [2.45, 2.75) is 17.4 Å². The number of rotatable bonds is 7. The molecule has 0 radical (unpaired) electrons. The summed E-state index contributed by atoms with van der Waals surface area (Å²) in [5.41, 5.74) is 1.03. The molecule has 0 saturated carbocycles. The second kappa shape index (κ2) is 7.08. The summed E-state index contributed by atoms with van der Waals surface area (Å²) >= 11 is 1.51. The van der Waals surface area contributed by atoms with Gasteiger partial charge in [0.05, 0.1) is 15.9 Å². The number of aromatic nitrogens is 2. The van der Waals surface area contributed by atoms with Crippen LogP contribution in [0, 0.1) is 0 Å². The summed E-state index contributed by atoms with van der Waals surface area (Å²) in [6.45, 7) is -0.0834. The lowest BCUT2D eigenvalue weighted by atomic mass is 10.3. The molecule has 1 atom stereocenters. The number of hydrogen-bond acceptors (Lipinski definition) is 5. The highest BCUT2D eigenvalue weighted by atomic mass is 32.2. The molecule has 0 aliphatic rings. The molecule has 1 unspecified atom stereocenters. The summed E-state index contributed by atoms with van der Waals surface area (Å²) < 4.78 is 30.6. The van der Waals surface area contributed by atoms with Gasteiger partial charge in [-0.25, -0.2) is 17.9 Å². The summed E-state index contributed by atoms with van der Waals surface area (Å²) in [5.74, 6) is 0.575. The molecule has 0 fully saturated rings. The molecule has 2 rings (SSSR count). The van der Waals surface area contributed by atoms with E-state index in [0.29, 0.717) is 23.2 Å². The van der Waals surface area contributed by atoms with Gasteiger partial charge < -0.3 is 5.11 Å². The number of nitrogens with zero attached hydrogens (tertiary/aromatic N) is 2. The molecule has 0 amide bonds. The second-order valence-electron chi connectivity index (χ2n) is 5.34. The molecule has 2 N–H and O–H groups in total. The minimum atomic E-state index is -3.71. The summed E-state index contributed by atoms with van der Waals surface area (Å²) in [6, 6.07) is 4.27. The zero-order valence-corrected chi connectivity index (χ0v) is 14.9. The lowest BCUT2D eigenvalue weighted by Crippen LogP contribution is -2.37. The molecule has 0 aliphatic carbocycles. The van der Waals surface area contributed by atoms with Crippen molar-refractivity contribution < 1.29 is 13.5 Å². The standard InChI is InChI=1S/C14H21N3O4S2/c1-16-12-5-4-11(8-13(12)17(2)14(16)19)23(20,21)15-10(6-7-18)9-22-3/h4-5,8,10,15,18H,6-7,9H2,1-3H3. The van der Waals surface area contributed by atoms with E-state index in [-0.39, 0.29) is 23.2 Å². The maximum atomic E-state index is 12.5. The van der Waals surface area contributed by atoms with Crippen molar-refractivity contribution in [3.63, 3.8) is 0 Å². The van der Waals surface area contributed by atoms with Crippen LogP contribution in [0.1, 0.15) is 6.42 Å². The number of sulfonamides is 1. The van der Waals surface area contributed by atoms with Gasteiger partial charge in [-0.3, -0.25) is 9.13 Å². The number of aliphatic hydroxyl groups excluding tert-OH is 1. The number of nitrogens with one attached hydrogen (secondary N) is 1. The number of imidazole rings is 1. The quantitative estimate of drug-likeness (QED) is 0.740. The molecule has 0 spiro atoms. The van der Waals surface area contributed by atoms with Crippen molar-refractivity contribution in [3.8, 4) is 0 Å². The first-order valence-corrected chi connectivity index (χ1v) is 9.97. The van der Waals surface area contributed by atoms with Crippen molar-refractivity contribution in [2.24, 2.45) is 14.1 Å². The number of hydrogen-bond donors (Lipinski definition) is 2.